The number of benzene rings is 3. The number of urea groups is 1. The molecule has 0 bridgehead atoms. The van der Waals surface area contributed by atoms with E-state index in [1.54, 1.807) is 6.21 Å². The number of hydrazone groups is 1. The highest BCUT2D eigenvalue weighted by Gasteiger charge is 2.51. The number of nitrogens with zero attached hydrogens (tertiary/aromatic N) is 2. The standard InChI is InChI=1S/C23H21N3O2/c27-21-23(12-6-1-7-13-23)25-22(28)26(21)24-15-20-18-10-4-2-8-16(18)14-17-9-3-5-11-19(17)20/h2-5,8-11,14-15H,1,6-7,12-13H2,(H,25,28)/b24-15-. The number of amides is 3. The van der Waals surface area contributed by atoms with Crippen molar-refractivity contribution in [2.24, 2.45) is 5.10 Å². The average molecular weight is 371 g/mol. The summed E-state index contributed by atoms with van der Waals surface area (Å²) in [6.45, 7) is 0. The Balaban J connectivity index is 1.58. The summed E-state index contributed by atoms with van der Waals surface area (Å²) in [5.74, 6) is -0.224. The molecule has 3 amide bonds. The van der Waals surface area contributed by atoms with Crippen molar-refractivity contribution in [3.05, 3.63) is 60.2 Å². The molecule has 2 fully saturated rings. The Hall–Kier alpha value is -3.21. The molecule has 1 aliphatic heterocycles. The second-order valence-corrected chi connectivity index (χ2v) is 7.67. The maximum atomic E-state index is 13.0. The molecule has 0 atom stereocenters. The number of carbonyl (C=O) groups is 2. The van der Waals surface area contributed by atoms with Gasteiger partial charge in [-0.05, 0) is 40.5 Å². The molecule has 140 valence electrons. The predicted molar refractivity (Wildman–Crippen MR) is 110 cm³/mol. The second kappa shape index (κ2) is 6.44. The van der Waals surface area contributed by atoms with E-state index in [0.717, 1.165) is 51.4 Å². The lowest BCUT2D eigenvalue weighted by Crippen LogP contribution is -2.48. The van der Waals surface area contributed by atoms with Gasteiger partial charge in [0, 0.05) is 5.56 Å². The molecule has 1 heterocycles. The van der Waals surface area contributed by atoms with Gasteiger partial charge in [-0.25, -0.2) is 4.79 Å². The fourth-order valence-corrected chi connectivity index (χ4v) is 4.51. The number of imide groups is 1. The van der Waals surface area contributed by atoms with Crippen molar-refractivity contribution in [2.75, 3.05) is 0 Å². The minimum atomic E-state index is -0.756. The van der Waals surface area contributed by atoms with Crippen LogP contribution in [0.4, 0.5) is 4.79 Å². The maximum Gasteiger partial charge on any atom is 0.346 e. The fourth-order valence-electron chi connectivity index (χ4n) is 4.51. The molecule has 0 aromatic heterocycles. The van der Waals surface area contributed by atoms with Crippen LogP contribution < -0.4 is 5.32 Å². The van der Waals surface area contributed by atoms with Crippen molar-refractivity contribution in [3.8, 4) is 0 Å². The average Bonchev–Trinajstić information content (AvgIpc) is 2.95. The number of fused-ring (bicyclic) bond motifs is 2. The molecule has 28 heavy (non-hydrogen) atoms. The largest absolute Gasteiger partial charge is 0.346 e. The van der Waals surface area contributed by atoms with E-state index in [1.165, 1.54) is 0 Å². The molecular formula is C23H21N3O2. The van der Waals surface area contributed by atoms with E-state index in [0.29, 0.717) is 12.8 Å². The third-order valence-corrected chi connectivity index (χ3v) is 5.96. The number of rotatable bonds is 2. The number of nitrogens with one attached hydrogen (secondary N) is 1. The first-order valence-corrected chi connectivity index (χ1v) is 9.79. The molecule has 3 aromatic rings. The summed E-state index contributed by atoms with van der Waals surface area (Å²) in [4.78, 5) is 25.5. The van der Waals surface area contributed by atoms with Crippen molar-refractivity contribution in [1.29, 1.82) is 0 Å². The minimum Gasteiger partial charge on any atom is -0.321 e. The van der Waals surface area contributed by atoms with Gasteiger partial charge in [0.2, 0.25) is 0 Å². The lowest BCUT2D eigenvalue weighted by atomic mass is 9.82. The van der Waals surface area contributed by atoms with Gasteiger partial charge in [-0.3, -0.25) is 4.79 Å². The van der Waals surface area contributed by atoms with Gasteiger partial charge < -0.3 is 5.32 Å². The quantitative estimate of drug-likeness (QED) is 0.407. The minimum absolute atomic E-state index is 0.224. The van der Waals surface area contributed by atoms with Crippen molar-refractivity contribution in [2.45, 2.75) is 37.6 Å². The Morgan fingerprint density at radius 2 is 1.50 bits per heavy atom. The van der Waals surface area contributed by atoms with Crippen LogP contribution in [0.25, 0.3) is 21.5 Å². The normalized spacial score (nSPS) is 19.2. The predicted octanol–water partition coefficient (Wildman–Crippen LogP) is 4.58. The van der Waals surface area contributed by atoms with Gasteiger partial charge in [0.1, 0.15) is 5.54 Å². The number of carbonyl (C=O) groups excluding carboxylic acids is 2. The Morgan fingerprint density at radius 3 is 2.14 bits per heavy atom. The van der Waals surface area contributed by atoms with Crippen molar-refractivity contribution >= 4 is 39.7 Å². The first-order valence-electron chi connectivity index (χ1n) is 9.79. The zero-order valence-electron chi connectivity index (χ0n) is 15.5. The SMILES string of the molecule is O=C1NC2(CCCCC2)C(=O)N1/N=C\c1c2ccccc2cc2ccccc12. The molecule has 5 rings (SSSR count). The van der Waals surface area contributed by atoms with E-state index < -0.39 is 11.6 Å². The van der Waals surface area contributed by atoms with Gasteiger partial charge >= 0.3 is 6.03 Å². The summed E-state index contributed by atoms with van der Waals surface area (Å²) < 4.78 is 0. The van der Waals surface area contributed by atoms with Gasteiger partial charge in [0.15, 0.2) is 0 Å². The van der Waals surface area contributed by atoms with Crippen LogP contribution in [-0.4, -0.2) is 28.7 Å². The van der Waals surface area contributed by atoms with E-state index in [1.807, 2.05) is 36.4 Å². The molecule has 1 aliphatic carbocycles. The van der Waals surface area contributed by atoms with Crippen LogP contribution in [0.2, 0.25) is 0 Å². The number of hydrogen-bond acceptors (Lipinski definition) is 3. The molecule has 2 aliphatic rings. The second-order valence-electron chi connectivity index (χ2n) is 7.67. The maximum absolute atomic E-state index is 13.0. The first kappa shape index (κ1) is 16.9. The van der Waals surface area contributed by atoms with E-state index in [4.69, 9.17) is 0 Å². The molecule has 5 heteroatoms. The fraction of sp³-hybridized carbons (Fsp3) is 0.261. The molecule has 1 spiro atoms. The smallest absolute Gasteiger partial charge is 0.321 e. The van der Waals surface area contributed by atoms with Crippen LogP contribution in [0.1, 0.15) is 37.7 Å². The molecule has 1 saturated heterocycles. The first-order chi connectivity index (χ1) is 13.7. The highest BCUT2D eigenvalue weighted by Crippen LogP contribution is 2.34. The Labute approximate surface area is 163 Å². The monoisotopic (exact) mass is 371 g/mol. The number of hydrogen-bond donors (Lipinski definition) is 1. The van der Waals surface area contributed by atoms with E-state index in [-0.39, 0.29) is 5.91 Å². The molecule has 1 N–H and O–H groups in total. The van der Waals surface area contributed by atoms with Gasteiger partial charge in [-0.15, -0.1) is 5.01 Å². The van der Waals surface area contributed by atoms with E-state index in [9.17, 15) is 9.59 Å². The van der Waals surface area contributed by atoms with Crippen molar-refractivity contribution in [3.63, 3.8) is 0 Å². The highest BCUT2D eigenvalue weighted by molar-refractivity contribution is 6.14. The molecule has 3 aromatic carbocycles. The Morgan fingerprint density at radius 1 is 0.893 bits per heavy atom. The van der Waals surface area contributed by atoms with Crippen LogP contribution in [0.5, 0.6) is 0 Å². The van der Waals surface area contributed by atoms with Gasteiger partial charge in [-0.1, -0.05) is 67.8 Å². The summed E-state index contributed by atoms with van der Waals surface area (Å²) in [5, 5.41) is 12.6. The molecular weight excluding hydrogens is 350 g/mol. The van der Waals surface area contributed by atoms with E-state index >= 15 is 0 Å². The van der Waals surface area contributed by atoms with Crippen LogP contribution >= 0.6 is 0 Å². The summed E-state index contributed by atoms with van der Waals surface area (Å²) >= 11 is 0. The van der Waals surface area contributed by atoms with Crippen LogP contribution in [0.3, 0.4) is 0 Å². The lowest BCUT2D eigenvalue weighted by molar-refractivity contribution is -0.132. The van der Waals surface area contributed by atoms with E-state index in [2.05, 4.69) is 28.6 Å². The zero-order valence-corrected chi connectivity index (χ0v) is 15.5. The molecule has 1 saturated carbocycles. The molecule has 0 unspecified atom stereocenters. The Bertz CT molecular complexity index is 1080. The Kier molecular flexibility index (Phi) is 3.90. The highest BCUT2D eigenvalue weighted by atomic mass is 16.2. The van der Waals surface area contributed by atoms with Crippen LogP contribution in [0, 0.1) is 0 Å². The third kappa shape index (κ3) is 2.58. The third-order valence-electron chi connectivity index (χ3n) is 5.96. The molecule has 5 nitrogen and oxygen atoms in total. The van der Waals surface area contributed by atoms with Crippen LogP contribution in [-0.2, 0) is 4.79 Å². The topological polar surface area (TPSA) is 61.8 Å². The van der Waals surface area contributed by atoms with Crippen molar-refractivity contribution < 1.29 is 9.59 Å². The lowest BCUT2D eigenvalue weighted by Gasteiger charge is -2.29. The van der Waals surface area contributed by atoms with Gasteiger partial charge in [0.05, 0.1) is 6.21 Å². The summed E-state index contributed by atoms with van der Waals surface area (Å²) in [6, 6.07) is 17.9. The van der Waals surface area contributed by atoms with Gasteiger partial charge in [0.25, 0.3) is 5.91 Å². The summed E-state index contributed by atoms with van der Waals surface area (Å²) in [6.07, 6.45) is 6.07. The zero-order chi connectivity index (χ0) is 19.1. The van der Waals surface area contributed by atoms with Crippen molar-refractivity contribution in [1.82, 2.24) is 10.3 Å². The molecule has 0 radical (unpaired) electrons. The summed E-state index contributed by atoms with van der Waals surface area (Å²) in [7, 11) is 0. The summed E-state index contributed by atoms with van der Waals surface area (Å²) in [5.41, 5.74) is 0.159. The van der Waals surface area contributed by atoms with Crippen LogP contribution in [0.15, 0.2) is 59.7 Å². The van der Waals surface area contributed by atoms with Gasteiger partial charge in [-0.2, -0.15) is 5.10 Å².